The molecule has 1 N–H and O–H groups in total. The Kier molecular flexibility index (Phi) is 3.22. The van der Waals surface area contributed by atoms with E-state index in [2.05, 4.69) is 22.2 Å². The lowest BCUT2D eigenvalue weighted by Gasteiger charge is -2.36. The highest BCUT2D eigenvalue weighted by Crippen LogP contribution is 2.26. The van der Waals surface area contributed by atoms with Gasteiger partial charge in [0.05, 0.1) is 11.6 Å². The molecule has 0 aromatic carbocycles. The van der Waals surface area contributed by atoms with E-state index >= 15 is 0 Å². The topological polar surface area (TPSA) is 35.6 Å². The molecule has 92 valence electrons. The molecule has 1 amide bonds. The largest absolute Gasteiger partial charge is 0.325 e. The lowest BCUT2D eigenvalue weighted by Crippen LogP contribution is -2.51. The third-order valence-electron chi connectivity index (χ3n) is 3.78. The van der Waals surface area contributed by atoms with Gasteiger partial charge in [0.1, 0.15) is 0 Å². The van der Waals surface area contributed by atoms with Crippen LogP contribution in [0.25, 0.3) is 0 Å². The van der Waals surface area contributed by atoms with E-state index in [-0.39, 0.29) is 5.41 Å². The van der Waals surface area contributed by atoms with E-state index in [9.17, 15) is 4.79 Å². The van der Waals surface area contributed by atoms with E-state index in [0.717, 1.165) is 32.6 Å². The zero-order valence-corrected chi connectivity index (χ0v) is 10.6. The second-order valence-electron chi connectivity index (χ2n) is 5.66. The number of hydrogen-bond donors (Lipinski definition) is 1. The average molecular weight is 225 g/mol. The number of likely N-dealkylation sites (tertiary alicyclic amines) is 1. The normalized spacial score (nSPS) is 31.8. The molecule has 1 atom stereocenters. The quantitative estimate of drug-likeness (QED) is 0.706. The predicted octanol–water partition coefficient (Wildman–Crippen LogP) is 0.496. The van der Waals surface area contributed by atoms with Crippen LogP contribution >= 0.6 is 0 Å². The van der Waals surface area contributed by atoms with Gasteiger partial charge in [0.15, 0.2) is 0 Å². The Hall–Kier alpha value is -0.610. The van der Waals surface area contributed by atoms with Crippen molar-refractivity contribution in [1.29, 1.82) is 0 Å². The summed E-state index contributed by atoms with van der Waals surface area (Å²) in [7, 11) is 2.12. The van der Waals surface area contributed by atoms with Gasteiger partial charge >= 0.3 is 0 Å². The highest BCUT2D eigenvalue weighted by Gasteiger charge is 2.39. The molecule has 2 fully saturated rings. The molecule has 0 aromatic rings. The fraction of sp³-hybridized carbons (Fsp3) is 0.917. The molecule has 2 saturated heterocycles. The summed E-state index contributed by atoms with van der Waals surface area (Å²) in [6, 6.07) is 0. The van der Waals surface area contributed by atoms with Crippen LogP contribution in [0.5, 0.6) is 0 Å². The Bertz CT molecular complexity index is 277. The molecule has 0 aromatic heterocycles. The monoisotopic (exact) mass is 225 g/mol. The van der Waals surface area contributed by atoms with Crippen LogP contribution in [-0.2, 0) is 4.79 Å². The molecule has 2 aliphatic rings. The Morgan fingerprint density at radius 3 is 2.75 bits per heavy atom. The first-order valence-electron chi connectivity index (χ1n) is 6.24. The van der Waals surface area contributed by atoms with Gasteiger partial charge in [0.25, 0.3) is 0 Å². The van der Waals surface area contributed by atoms with E-state index in [0.29, 0.717) is 12.1 Å². The Balaban J connectivity index is 2.15. The van der Waals surface area contributed by atoms with Gasteiger partial charge in [-0.25, -0.2) is 0 Å². The van der Waals surface area contributed by atoms with Crippen LogP contribution in [0.15, 0.2) is 0 Å². The van der Waals surface area contributed by atoms with Crippen molar-refractivity contribution in [2.75, 3.05) is 33.2 Å². The van der Waals surface area contributed by atoms with Crippen molar-refractivity contribution in [2.24, 2.45) is 5.41 Å². The highest BCUT2D eigenvalue weighted by molar-refractivity contribution is 5.82. The molecule has 0 spiro atoms. The summed E-state index contributed by atoms with van der Waals surface area (Å²) in [5, 5.41) is 3.36. The molecule has 0 radical (unpaired) electrons. The van der Waals surface area contributed by atoms with E-state index in [1.807, 2.05) is 13.8 Å². The third-order valence-corrected chi connectivity index (χ3v) is 3.78. The van der Waals surface area contributed by atoms with Gasteiger partial charge in [-0.1, -0.05) is 0 Å². The maximum Gasteiger partial charge on any atom is 0.230 e. The number of hydrogen-bond acceptors (Lipinski definition) is 3. The van der Waals surface area contributed by atoms with Crippen LogP contribution in [0.3, 0.4) is 0 Å². The minimum absolute atomic E-state index is 0.264. The average Bonchev–Trinajstić information content (AvgIpc) is 2.58. The Morgan fingerprint density at radius 2 is 2.12 bits per heavy atom. The van der Waals surface area contributed by atoms with Crippen LogP contribution in [0.1, 0.15) is 26.7 Å². The molecule has 0 saturated carbocycles. The molecule has 0 bridgehead atoms. The van der Waals surface area contributed by atoms with Crippen LogP contribution < -0.4 is 5.32 Å². The lowest BCUT2D eigenvalue weighted by molar-refractivity contribution is -0.144. The summed E-state index contributed by atoms with van der Waals surface area (Å²) in [5.74, 6) is 0.302. The zero-order valence-electron chi connectivity index (χ0n) is 10.6. The Labute approximate surface area is 98.0 Å². The van der Waals surface area contributed by atoms with Crippen molar-refractivity contribution in [3.63, 3.8) is 0 Å². The summed E-state index contributed by atoms with van der Waals surface area (Å²) in [5.41, 5.74) is -0.264. The van der Waals surface area contributed by atoms with Crippen molar-refractivity contribution in [3.8, 4) is 0 Å². The lowest BCUT2D eigenvalue weighted by atomic mass is 9.92. The second-order valence-corrected chi connectivity index (χ2v) is 5.66. The molecule has 4 nitrogen and oxygen atoms in total. The van der Waals surface area contributed by atoms with Crippen molar-refractivity contribution in [3.05, 3.63) is 0 Å². The molecular weight excluding hydrogens is 202 g/mol. The molecule has 4 heteroatoms. The standard InChI is InChI=1S/C12H23N3O/c1-12(2)9-13-6-8-15(11(12)16)10-5-4-7-14(10)3/h10,13H,4-9H2,1-3H3. The molecule has 2 aliphatic heterocycles. The molecular formula is C12H23N3O. The number of amides is 1. The van der Waals surface area contributed by atoms with Gasteiger partial charge in [-0.15, -0.1) is 0 Å². The number of nitrogens with one attached hydrogen (secondary N) is 1. The van der Waals surface area contributed by atoms with Crippen molar-refractivity contribution in [2.45, 2.75) is 32.9 Å². The van der Waals surface area contributed by atoms with Crippen molar-refractivity contribution >= 4 is 5.91 Å². The smallest absolute Gasteiger partial charge is 0.230 e. The van der Waals surface area contributed by atoms with Crippen LogP contribution in [0.4, 0.5) is 0 Å². The second kappa shape index (κ2) is 4.34. The fourth-order valence-electron chi connectivity index (χ4n) is 2.74. The maximum absolute atomic E-state index is 12.5. The van der Waals surface area contributed by atoms with Crippen LogP contribution in [0, 0.1) is 5.41 Å². The van der Waals surface area contributed by atoms with Gasteiger partial charge < -0.3 is 10.2 Å². The van der Waals surface area contributed by atoms with Gasteiger partial charge in [0, 0.05) is 19.6 Å². The predicted molar refractivity (Wildman–Crippen MR) is 64.0 cm³/mol. The van der Waals surface area contributed by atoms with Crippen molar-refractivity contribution in [1.82, 2.24) is 15.1 Å². The van der Waals surface area contributed by atoms with Gasteiger partial charge in [-0.2, -0.15) is 0 Å². The van der Waals surface area contributed by atoms with Gasteiger partial charge in [-0.05, 0) is 40.3 Å². The zero-order chi connectivity index (χ0) is 11.8. The van der Waals surface area contributed by atoms with E-state index in [1.54, 1.807) is 0 Å². The number of nitrogens with zero attached hydrogens (tertiary/aromatic N) is 2. The summed E-state index contributed by atoms with van der Waals surface area (Å²) in [6.45, 7) is 7.74. The molecule has 2 rings (SSSR count). The summed E-state index contributed by atoms with van der Waals surface area (Å²) >= 11 is 0. The molecule has 16 heavy (non-hydrogen) atoms. The van der Waals surface area contributed by atoms with Crippen LogP contribution in [0.2, 0.25) is 0 Å². The number of carbonyl (C=O) groups excluding carboxylic acids is 1. The molecule has 0 aliphatic carbocycles. The van der Waals surface area contributed by atoms with Gasteiger partial charge in [0.2, 0.25) is 5.91 Å². The third kappa shape index (κ3) is 2.09. The number of rotatable bonds is 1. The van der Waals surface area contributed by atoms with E-state index < -0.39 is 0 Å². The maximum atomic E-state index is 12.5. The SMILES string of the molecule is CN1CCCC1N1CCNCC(C)(C)C1=O. The summed E-state index contributed by atoms with van der Waals surface area (Å²) in [6.07, 6.45) is 2.66. The van der Waals surface area contributed by atoms with E-state index in [4.69, 9.17) is 0 Å². The first-order valence-corrected chi connectivity index (χ1v) is 6.24. The summed E-state index contributed by atoms with van der Waals surface area (Å²) in [4.78, 5) is 16.8. The first-order chi connectivity index (χ1) is 7.52. The van der Waals surface area contributed by atoms with Crippen LogP contribution in [-0.4, -0.2) is 55.1 Å². The summed E-state index contributed by atoms with van der Waals surface area (Å²) < 4.78 is 0. The molecule has 1 unspecified atom stereocenters. The fourth-order valence-corrected chi connectivity index (χ4v) is 2.74. The Morgan fingerprint density at radius 1 is 1.38 bits per heavy atom. The molecule has 2 heterocycles. The minimum Gasteiger partial charge on any atom is -0.325 e. The number of carbonyl (C=O) groups is 1. The van der Waals surface area contributed by atoms with Gasteiger partial charge in [-0.3, -0.25) is 9.69 Å². The highest BCUT2D eigenvalue weighted by atomic mass is 16.2. The van der Waals surface area contributed by atoms with Crippen molar-refractivity contribution < 1.29 is 4.79 Å². The first kappa shape index (κ1) is 11.9. The van der Waals surface area contributed by atoms with E-state index in [1.165, 1.54) is 6.42 Å². The minimum atomic E-state index is -0.264.